The number of nitrogen functional groups attached to an aromatic ring is 1. The van der Waals surface area contributed by atoms with Crippen LogP contribution in [0.5, 0.6) is 0 Å². The average molecular weight is 270 g/mol. The van der Waals surface area contributed by atoms with Crippen LogP contribution >= 0.6 is 0 Å². The van der Waals surface area contributed by atoms with Gasteiger partial charge in [0.1, 0.15) is 5.82 Å². The Morgan fingerprint density at radius 3 is 2.95 bits per heavy atom. The van der Waals surface area contributed by atoms with Crippen molar-refractivity contribution >= 4 is 11.4 Å². The van der Waals surface area contributed by atoms with Crippen molar-refractivity contribution in [2.24, 2.45) is 0 Å². The molecule has 0 saturated carbocycles. The molecule has 0 spiro atoms. The lowest BCUT2D eigenvalue weighted by Gasteiger charge is -2.35. The Labute approximate surface area is 112 Å². The van der Waals surface area contributed by atoms with Crippen molar-refractivity contribution in [1.29, 1.82) is 0 Å². The monoisotopic (exact) mass is 270 g/mol. The van der Waals surface area contributed by atoms with Gasteiger partial charge < -0.3 is 15.4 Å². The highest BCUT2D eigenvalue weighted by Crippen LogP contribution is 2.30. The Balaban J connectivity index is 2.13. The van der Waals surface area contributed by atoms with Gasteiger partial charge in [-0.15, -0.1) is 0 Å². The second-order valence-electron chi connectivity index (χ2n) is 4.90. The Hall–Kier alpha value is -1.36. The molecule has 2 rings (SSSR count). The molecule has 1 aliphatic rings. The van der Waals surface area contributed by atoms with Gasteiger partial charge in [-0.3, -0.25) is 0 Å². The molecule has 1 fully saturated rings. The number of hydrogen-bond acceptors (Lipinski definition) is 3. The van der Waals surface area contributed by atoms with E-state index in [4.69, 9.17) is 10.5 Å². The number of piperidine rings is 1. The van der Waals surface area contributed by atoms with E-state index in [0.717, 1.165) is 31.9 Å². The van der Waals surface area contributed by atoms with Crippen molar-refractivity contribution in [1.82, 2.24) is 0 Å². The van der Waals surface area contributed by atoms with Crippen LogP contribution in [0.25, 0.3) is 0 Å². The molecule has 1 aromatic rings. The predicted octanol–water partition coefficient (Wildman–Crippen LogP) is 2.94. The molecule has 1 heterocycles. The van der Waals surface area contributed by atoms with E-state index in [1.165, 1.54) is 6.07 Å². The lowest BCUT2D eigenvalue weighted by Crippen LogP contribution is -2.40. The van der Waals surface area contributed by atoms with E-state index in [-0.39, 0.29) is 11.8 Å². The Bertz CT molecular complexity index is 440. The number of hydrogen-bond donors (Lipinski definition) is 1. The van der Waals surface area contributed by atoms with E-state index in [9.17, 15) is 8.78 Å². The first-order valence-corrected chi connectivity index (χ1v) is 6.73. The smallest absolute Gasteiger partial charge is 0.151 e. The van der Waals surface area contributed by atoms with Crippen LogP contribution < -0.4 is 10.6 Å². The zero-order valence-electron chi connectivity index (χ0n) is 11.2. The summed E-state index contributed by atoms with van der Waals surface area (Å²) in [5.41, 5.74) is 6.15. The van der Waals surface area contributed by atoms with E-state index >= 15 is 0 Å². The molecular formula is C14H20F2N2O. The summed E-state index contributed by atoms with van der Waals surface area (Å²) in [6, 6.07) is 2.11. The van der Waals surface area contributed by atoms with Gasteiger partial charge in [0.25, 0.3) is 0 Å². The van der Waals surface area contributed by atoms with Gasteiger partial charge in [0.05, 0.1) is 17.5 Å². The first kappa shape index (κ1) is 14.1. The maximum Gasteiger partial charge on any atom is 0.151 e. The summed E-state index contributed by atoms with van der Waals surface area (Å²) in [5.74, 6) is -1.30. The summed E-state index contributed by atoms with van der Waals surface area (Å²) in [5, 5.41) is 0. The topological polar surface area (TPSA) is 38.5 Å². The lowest BCUT2D eigenvalue weighted by atomic mass is 10.1. The predicted molar refractivity (Wildman–Crippen MR) is 72.2 cm³/mol. The number of nitrogens with two attached hydrogens (primary N) is 1. The highest BCUT2D eigenvalue weighted by molar-refractivity contribution is 5.68. The Morgan fingerprint density at radius 1 is 1.42 bits per heavy atom. The molecule has 0 aliphatic carbocycles. The fourth-order valence-corrected chi connectivity index (χ4v) is 2.41. The molecule has 1 aliphatic heterocycles. The molecule has 1 aromatic carbocycles. The summed E-state index contributed by atoms with van der Waals surface area (Å²) < 4.78 is 32.5. The maximum atomic E-state index is 13.5. The van der Waals surface area contributed by atoms with Gasteiger partial charge in [-0.05, 0) is 25.3 Å². The van der Waals surface area contributed by atoms with Crippen molar-refractivity contribution in [2.45, 2.75) is 32.3 Å². The van der Waals surface area contributed by atoms with Crippen LogP contribution in [0, 0.1) is 11.6 Å². The molecule has 0 amide bonds. The molecule has 106 valence electrons. The van der Waals surface area contributed by atoms with Gasteiger partial charge in [0, 0.05) is 25.8 Å². The quantitative estimate of drug-likeness (QED) is 0.855. The van der Waals surface area contributed by atoms with Gasteiger partial charge in [-0.2, -0.15) is 0 Å². The molecule has 1 atom stereocenters. The van der Waals surface area contributed by atoms with Gasteiger partial charge in [0.2, 0.25) is 0 Å². The van der Waals surface area contributed by atoms with E-state index in [0.29, 0.717) is 18.8 Å². The van der Waals surface area contributed by atoms with Gasteiger partial charge >= 0.3 is 0 Å². The molecule has 1 unspecified atom stereocenters. The molecule has 0 bridgehead atoms. The number of halogens is 2. The minimum atomic E-state index is -0.702. The molecule has 0 radical (unpaired) electrons. The van der Waals surface area contributed by atoms with Crippen LogP contribution in [0.4, 0.5) is 20.2 Å². The third-order valence-corrected chi connectivity index (χ3v) is 3.35. The van der Waals surface area contributed by atoms with E-state index in [2.05, 4.69) is 6.92 Å². The standard InChI is InChI=1S/C14H20F2N2O/c1-2-6-19-11-4-3-5-18(9-11)13-8-10(15)7-12(16)14(13)17/h7-8,11H,2-6,9,17H2,1H3. The van der Waals surface area contributed by atoms with Crippen LogP contribution in [0.3, 0.4) is 0 Å². The first-order chi connectivity index (χ1) is 9.11. The highest BCUT2D eigenvalue weighted by Gasteiger charge is 2.23. The molecule has 1 saturated heterocycles. The van der Waals surface area contributed by atoms with E-state index < -0.39 is 11.6 Å². The zero-order chi connectivity index (χ0) is 13.8. The fourth-order valence-electron chi connectivity index (χ4n) is 2.41. The maximum absolute atomic E-state index is 13.5. The first-order valence-electron chi connectivity index (χ1n) is 6.73. The van der Waals surface area contributed by atoms with Crippen LogP contribution in [-0.4, -0.2) is 25.8 Å². The summed E-state index contributed by atoms with van der Waals surface area (Å²) >= 11 is 0. The summed E-state index contributed by atoms with van der Waals surface area (Å²) in [6.07, 6.45) is 2.99. The SMILES string of the molecule is CCCOC1CCCN(c2cc(F)cc(F)c2N)C1. The molecule has 5 heteroatoms. The number of benzene rings is 1. The second kappa shape index (κ2) is 6.19. The van der Waals surface area contributed by atoms with Crippen molar-refractivity contribution in [2.75, 3.05) is 30.3 Å². The minimum absolute atomic E-state index is 0.0116. The molecule has 3 nitrogen and oxygen atoms in total. The van der Waals surface area contributed by atoms with E-state index in [1.54, 1.807) is 0 Å². The van der Waals surface area contributed by atoms with Crippen molar-refractivity contribution < 1.29 is 13.5 Å². The van der Waals surface area contributed by atoms with Crippen LogP contribution in [0.15, 0.2) is 12.1 Å². The van der Waals surface area contributed by atoms with Crippen molar-refractivity contribution in [3.63, 3.8) is 0 Å². The minimum Gasteiger partial charge on any atom is -0.395 e. The normalized spacial score (nSPS) is 19.7. The summed E-state index contributed by atoms with van der Waals surface area (Å²) in [4.78, 5) is 1.91. The van der Waals surface area contributed by atoms with Gasteiger partial charge in [0.15, 0.2) is 5.82 Å². The second-order valence-corrected chi connectivity index (χ2v) is 4.90. The number of ether oxygens (including phenoxy) is 1. The average Bonchev–Trinajstić information content (AvgIpc) is 2.41. The molecule has 2 N–H and O–H groups in total. The lowest BCUT2D eigenvalue weighted by molar-refractivity contribution is 0.0440. The van der Waals surface area contributed by atoms with Gasteiger partial charge in [-0.1, -0.05) is 6.92 Å². The van der Waals surface area contributed by atoms with Crippen LogP contribution in [0.2, 0.25) is 0 Å². The summed E-state index contributed by atoms with van der Waals surface area (Å²) in [7, 11) is 0. The zero-order valence-corrected chi connectivity index (χ0v) is 11.2. The van der Waals surface area contributed by atoms with Gasteiger partial charge in [-0.25, -0.2) is 8.78 Å². The fraction of sp³-hybridized carbons (Fsp3) is 0.571. The third-order valence-electron chi connectivity index (χ3n) is 3.35. The largest absolute Gasteiger partial charge is 0.395 e. The number of nitrogens with zero attached hydrogens (tertiary/aromatic N) is 1. The van der Waals surface area contributed by atoms with Crippen molar-refractivity contribution in [3.05, 3.63) is 23.8 Å². The van der Waals surface area contributed by atoms with Crippen LogP contribution in [-0.2, 0) is 4.74 Å². The summed E-state index contributed by atoms with van der Waals surface area (Å²) in [6.45, 7) is 4.15. The molecule has 19 heavy (non-hydrogen) atoms. The van der Waals surface area contributed by atoms with E-state index in [1.807, 2.05) is 4.90 Å². The number of anilines is 2. The highest BCUT2D eigenvalue weighted by atomic mass is 19.1. The Morgan fingerprint density at radius 2 is 2.21 bits per heavy atom. The molecular weight excluding hydrogens is 250 g/mol. The third kappa shape index (κ3) is 3.35. The Kier molecular flexibility index (Phi) is 4.58. The molecule has 0 aromatic heterocycles. The van der Waals surface area contributed by atoms with Crippen molar-refractivity contribution in [3.8, 4) is 0 Å². The number of rotatable bonds is 4. The van der Waals surface area contributed by atoms with Crippen LogP contribution in [0.1, 0.15) is 26.2 Å².